The summed E-state index contributed by atoms with van der Waals surface area (Å²) in [6.07, 6.45) is 0. The summed E-state index contributed by atoms with van der Waals surface area (Å²) in [6, 6.07) is 0. The second-order valence-electron chi connectivity index (χ2n) is 0. The van der Waals surface area contributed by atoms with Crippen molar-refractivity contribution in [2.75, 3.05) is 0 Å². The summed E-state index contributed by atoms with van der Waals surface area (Å²) < 4.78 is 7.72. The van der Waals surface area contributed by atoms with E-state index in [1.165, 1.54) is 0 Å². The van der Waals surface area contributed by atoms with Crippen molar-refractivity contribution in [3.63, 3.8) is 0 Å². The zero-order valence-electron chi connectivity index (χ0n) is 3.29. The summed E-state index contributed by atoms with van der Waals surface area (Å²) >= 11 is 3.39. The van der Waals surface area contributed by atoms with Gasteiger partial charge in [0.15, 0.2) is 0 Å². The molecule has 0 aliphatic carbocycles. The molecule has 0 aromatic rings. The Morgan fingerprint density at radius 1 is 0.833 bits per heavy atom. The van der Waals surface area contributed by atoms with Crippen LogP contribution in [0, 0.1) is 0 Å². The molecule has 0 aliphatic heterocycles. The molecule has 0 spiro atoms. The van der Waals surface area contributed by atoms with Crippen molar-refractivity contribution >= 4 is 11.9 Å². The molecule has 4 nitrogen and oxygen atoms in total. The maximum absolute atomic E-state index is 7.72. The summed E-state index contributed by atoms with van der Waals surface area (Å²) in [5.41, 5.74) is 0. The van der Waals surface area contributed by atoms with E-state index < -0.39 is 0 Å². The van der Waals surface area contributed by atoms with Crippen LogP contribution in [0.25, 0.3) is 0 Å². The summed E-state index contributed by atoms with van der Waals surface area (Å²) in [7, 11) is 0. The Labute approximate surface area is 62.5 Å². The molecule has 0 fully saturated rings. The van der Waals surface area contributed by atoms with E-state index in [1.54, 1.807) is 0 Å². The van der Waals surface area contributed by atoms with Crippen LogP contribution in [0.3, 0.4) is 0 Å². The van der Waals surface area contributed by atoms with E-state index in [1.807, 2.05) is 0 Å². The van der Waals surface area contributed by atoms with Gasteiger partial charge in [0.25, 0.3) is 0 Å². The Morgan fingerprint density at radius 2 is 0.833 bits per heavy atom. The number of hydrogen-bond donors (Lipinski definition) is 0. The predicted octanol–water partition coefficient (Wildman–Crippen LogP) is -5.97. The van der Waals surface area contributed by atoms with E-state index in [9.17, 15) is 0 Å². The average Bonchev–Trinajstić information content (AvgIpc) is 1.00. The fraction of sp³-hybridized carbons (Fsp3) is 0. The molecule has 0 aromatic heterocycles. The van der Waals surface area contributed by atoms with Crippen molar-refractivity contribution in [1.82, 2.24) is 0 Å². The molecule has 0 atom stereocenters. The monoisotopic (exact) mass is 128 g/mol. The van der Waals surface area contributed by atoms with Gasteiger partial charge in [0, 0.05) is 0 Å². The predicted molar refractivity (Wildman–Crippen MR) is 16.7 cm³/mol. The van der Waals surface area contributed by atoms with Crippen LogP contribution in [-0.4, -0.2) is 16.4 Å². The molecule has 0 aliphatic rings. The van der Waals surface area contributed by atoms with E-state index in [-0.39, 0.29) is 46.0 Å². The van der Waals surface area contributed by atoms with Gasteiger partial charge in [-0.25, -0.2) is 11.9 Å². The van der Waals surface area contributed by atoms with Crippen LogP contribution in [0.4, 0.5) is 0 Å². The largest absolute Gasteiger partial charge is 1.00 e. The maximum atomic E-state index is 7.72. The number of hydrogen-bond acceptors (Lipinski definition) is 1. The van der Waals surface area contributed by atoms with E-state index in [2.05, 4.69) is 11.9 Å². The third-order valence-corrected chi connectivity index (χ3v) is 0. The second-order valence-corrected chi connectivity index (χ2v) is 0. The van der Waals surface area contributed by atoms with Crippen LogP contribution in [0.2, 0.25) is 0 Å². The third kappa shape index (κ3) is 68.5. The first-order valence-electron chi connectivity index (χ1n) is 0.154. The average molecular weight is 128 g/mol. The Kier molecular flexibility index (Phi) is 1240. The van der Waals surface area contributed by atoms with E-state index in [0.29, 0.717) is 0 Å². The van der Waals surface area contributed by atoms with Crippen LogP contribution in [0.5, 0.6) is 0 Å². The van der Waals surface area contributed by atoms with E-state index in [4.69, 9.17) is 4.66 Å². The molecule has 0 rings (SSSR count). The quantitative estimate of drug-likeness (QED) is 0.297. The standard InChI is InChI=1S/ClO.Na.3H2O/c1-2;;;;/h;;3*1H2/q-1;+1;;;. The van der Waals surface area contributed by atoms with Crippen LogP contribution < -0.4 is 34.2 Å². The normalized spacial score (nSPS) is 1.00. The Hall–Kier alpha value is 1.13. The minimum atomic E-state index is 0. The molecule has 0 radical (unpaired) electrons. The van der Waals surface area contributed by atoms with E-state index in [0.717, 1.165) is 0 Å². The Bertz CT molecular complexity index is 7.51. The first-order valence-corrected chi connectivity index (χ1v) is 0.463. The molecule has 38 valence electrons. The molecule has 0 unspecified atom stereocenters. The van der Waals surface area contributed by atoms with Gasteiger partial charge in [-0.2, -0.15) is 0 Å². The SMILES string of the molecule is O.O.O.[Na+].[O-]Cl. The fourth-order valence-electron chi connectivity index (χ4n) is 0. The van der Waals surface area contributed by atoms with Crippen molar-refractivity contribution in [2.45, 2.75) is 0 Å². The van der Waals surface area contributed by atoms with Gasteiger partial charge >= 0.3 is 29.6 Å². The molecule has 0 aromatic carbocycles. The summed E-state index contributed by atoms with van der Waals surface area (Å²) in [4.78, 5) is 0. The van der Waals surface area contributed by atoms with Crippen molar-refractivity contribution in [1.29, 1.82) is 0 Å². The van der Waals surface area contributed by atoms with Gasteiger partial charge in [0.05, 0.1) is 0 Å². The van der Waals surface area contributed by atoms with Gasteiger partial charge in [-0.3, -0.25) is 0 Å². The van der Waals surface area contributed by atoms with Gasteiger partial charge in [0.2, 0.25) is 0 Å². The Balaban J connectivity index is -0.000000000833. The summed E-state index contributed by atoms with van der Waals surface area (Å²) in [5, 5.41) is 0. The van der Waals surface area contributed by atoms with E-state index >= 15 is 0 Å². The molecule has 0 saturated heterocycles. The van der Waals surface area contributed by atoms with Gasteiger partial charge < -0.3 is 21.1 Å². The topological polar surface area (TPSA) is 118 Å². The van der Waals surface area contributed by atoms with Gasteiger partial charge in [0.1, 0.15) is 0 Å². The minimum absolute atomic E-state index is 0. The van der Waals surface area contributed by atoms with Crippen molar-refractivity contribution in [2.24, 2.45) is 0 Å². The van der Waals surface area contributed by atoms with Crippen LogP contribution >= 0.6 is 11.9 Å². The molecule has 0 saturated carbocycles. The summed E-state index contributed by atoms with van der Waals surface area (Å²) in [5.74, 6) is 0. The molecule has 0 amide bonds. The molecular formula is H6ClNaO4. The van der Waals surface area contributed by atoms with Gasteiger partial charge in [-0.15, -0.1) is 0 Å². The molecular weight excluding hydrogens is 122 g/mol. The minimum Gasteiger partial charge on any atom is -0.769 e. The second kappa shape index (κ2) is 126. The van der Waals surface area contributed by atoms with Crippen LogP contribution in [-0.2, 0) is 0 Å². The summed E-state index contributed by atoms with van der Waals surface area (Å²) in [6.45, 7) is 0. The zero-order chi connectivity index (χ0) is 2.00. The van der Waals surface area contributed by atoms with Crippen molar-refractivity contribution < 1.29 is 50.6 Å². The Morgan fingerprint density at radius 3 is 0.833 bits per heavy atom. The molecule has 0 bridgehead atoms. The van der Waals surface area contributed by atoms with Crippen LogP contribution in [0.15, 0.2) is 0 Å². The van der Waals surface area contributed by atoms with Gasteiger partial charge in [-0.05, 0) is 0 Å². The fourth-order valence-corrected chi connectivity index (χ4v) is 0. The molecule has 6 N–H and O–H groups in total. The molecule has 6 heteroatoms. The van der Waals surface area contributed by atoms with Crippen LogP contribution in [0.1, 0.15) is 0 Å². The zero-order valence-corrected chi connectivity index (χ0v) is 6.04. The molecule has 0 heterocycles. The number of rotatable bonds is 0. The molecule has 6 heavy (non-hydrogen) atoms. The van der Waals surface area contributed by atoms with Crippen molar-refractivity contribution in [3.8, 4) is 0 Å². The van der Waals surface area contributed by atoms with Crippen molar-refractivity contribution in [3.05, 3.63) is 0 Å². The maximum Gasteiger partial charge on any atom is 1.00 e. The smallest absolute Gasteiger partial charge is 0.769 e. The van der Waals surface area contributed by atoms with Gasteiger partial charge in [-0.1, -0.05) is 0 Å². The first kappa shape index (κ1) is 59.1. The third-order valence-electron chi connectivity index (χ3n) is 0. The first-order chi connectivity index (χ1) is 1.00. The number of halogens is 1.